The summed E-state index contributed by atoms with van der Waals surface area (Å²) in [7, 11) is 0. The maximum atomic E-state index is 12.8. The molecule has 5 rings (SSSR count). The van der Waals surface area contributed by atoms with Gasteiger partial charge in [0.25, 0.3) is 5.56 Å². The first-order valence-electron chi connectivity index (χ1n) is 10.4. The van der Waals surface area contributed by atoms with Crippen molar-refractivity contribution >= 4 is 22.8 Å². The number of hydrogen-bond donors (Lipinski definition) is 1. The van der Waals surface area contributed by atoms with Crippen molar-refractivity contribution in [1.29, 1.82) is 0 Å². The summed E-state index contributed by atoms with van der Waals surface area (Å²) < 4.78 is 3.69. The first-order valence-corrected chi connectivity index (χ1v) is 10.4. The molecule has 0 saturated heterocycles. The van der Waals surface area contributed by atoms with E-state index in [4.69, 9.17) is 4.98 Å². The van der Waals surface area contributed by atoms with Gasteiger partial charge in [-0.3, -0.25) is 9.36 Å². The lowest BCUT2D eigenvalue weighted by atomic mass is 10.1. The number of aromatic nitrogens is 5. The van der Waals surface area contributed by atoms with Crippen LogP contribution in [0, 0.1) is 13.8 Å². The number of aryl methyl sites for hydroxylation is 2. The highest BCUT2D eigenvalue weighted by Gasteiger charge is 2.21. The van der Waals surface area contributed by atoms with Gasteiger partial charge in [-0.25, -0.2) is 9.67 Å². The minimum Gasteiger partial charge on any atom is -0.307 e. The molecule has 0 amide bonds. The molecule has 30 heavy (non-hydrogen) atoms. The average molecular weight is 400 g/mol. The molecule has 0 radical (unpaired) electrons. The highest BCUT2D eigenvalue weighted by Crippen LogP contribution is 2.31. The molecule has 1 aliphatic rings. The van der Waals surface area contributed by atoms with E-state index in [1.165, 1.54) is 0 Å². The van der Waals surface area contributed by atoms with Crippen LogP contribution in [0.5, 0.6) is 0 Å². The third kappa shape index (κ3) is 3.26. The fourth-order valence-electron chi connectivity index (χ4n) is 4.31. The number of pyridine rings is 1. The van der Waals surface area contributed by atoms with Crippen LogP contribution in [-0.2, 0) is 0 Å². The van der Waals surface area contributed by atoms with Crippen molar-refractivity contribution < 1.29 is 0 Å². The summed E-state index contributed by atoms with van der Waals surface area (Å²) in [6.45, 7) is 3.99. The number of nitrogens with one attached hydrogen (secondary N) is 1. The molecule has 7 nitrogen and oxygen atoms in total. The molecule has 0 spiro atoms. The highest BCUT2D eigenvalue weighted by molar-refractivity contribution is 5.79. The molecule has 1 aliphatic carbocycles. The Morgan fingerprint density at radius 3 is 2.67 bits per heavy atom. The van der Waals surface area contributed by atoms with E-state index in [1.54, 1.807) is 12.3 Å². The Morgan fingerprint density at radius 1 is 1.07 bits per heavy atom. The van der Waals surface area contributed by atoms with Gasteiger partial charge in [0.2, 0.25) is 5.95 Å². The third-order valence-electron chi connectivity index (χ3n) is 5.88. The molecule has 1 fully saturated rings. The van der Waals surface area contributed by atoms with Gasteiger partial charge in [0.1, 0.15) is 5.65 Å². The number of hydrogen-bond acceptors (Lipinski definition) is 5. The molecule has 152 valence electrons. The molecule has 0 bridgehead atoms. The molecule has 0 atom stereocenters. The maximum Gasteiger partial charge on any atom is 0.252 e. The second-order valence-electron chi connectivity index (χ2n) is 7.96. The van der Waals surface area contributed by atoms with Crippen molar-refractivity contribution in [3.63, 3.8) is 0 Å². The quantitative estimate of drug-likeness (QED) is 0.547. The van der Waals surface area contributed by atoms with E-state index in [1.807, 2.05) is 46.6 Å². The van der Waals surface area contributed by atoms with Crippen LogP contribution < -0.4 is 10.9 Å². The van der Waals surface area contributed by atoms with E-state index < -0.39 is 0 Å². The fraction of sp³-hybridized carbons (Fsp3) is 0.304. The standard InChI is InChI=1S/C23H24N6O/c1-15-7-3-6-10-19(15)28-12-11-20(27-28)25-23-24-14-18-16(2)13-21(30)29(22(18)26-23)17-8-4-5-9-17/h3,6-7,10-14,17H,4-5,8-9H2,1-2H3,(H,24,25,26,27). The zero-order valence-electron chi connectivity index (χ0n) is 17.2. The van der Waals surface area contributed by atoms with Crippen LogP contribution in [0.4, 0.5) is 11.8 Å². The Labute approximate surface area is 174 Å². The normalized spacial score (nSPS) is 14.5. The minimum atomic E-state index is 0.0142. The summed E-state index contributed by atoms with van der Waals surface area (Å²) in [6.07, 6.45) is 8.04. The fourth-order valence-corrected chi connectivity index (χ4v) is 4.31. The number of anilines is 2. The van der Waals surface area contributed by atoms with E-state index in [2.05, 4.69) is 28.4 Å². The van der Waals surface area contributed by atoms with Crippen LogP contribution in [0.25, 0.3) is 16.7 Å². The minimum absolute atomic E-state index is 0.0142. The van der Waals surface area contributed by atoms with Crippen molar-refractivity contribution in [1.82, 2.24) is 24.3 Å². The molecule has 7 heteroatoms. The molecule has 3 heterocycles. The van der Waals surface area contributed by atoms with Gasteiger partial charge in [-0.15, -0.1) is 0 Å². The zero-order valence-corrected chi connectivity index (χ0v) is 17.2. The molecular weight excluding hydrogens is 376 g/mol. The monoisotopic (exact) mass is 400 g/mol. The highest BCUT2D eigenvalue weighted by atomic mass is 16.1. The summed E-state index contributed by atoms with van der Waals surface area (Å²) in [4.78, 5) is 22.0. The van der Waals surface area contributed by atoms with Gasteiger partial charge < -0.3 is 5.32 Å². The van der Waals surface area contributed by atoms with Gasteiger partial charge in [-0.1, -0.05) is 31.0 Å². The van der Waals surface area contributed by atoms with E-state index >= 15 is 0 Å². The summed E-state index contributed by atoms with van der Waals surface area (Å²) >= 11 is 0. The van der Waals surface area contributed by atoms with E-state index in [0.29, 0.717) is 17.4 Å². The van der Waals surface area contributed by atoms with Crippen LogP contribution in [0.1, 0.15) is 42.9 Å². The Bertz CT molecular complexity index is 1280. The topological polar surface area (TPSA) is 77.6 Å². The van der Waals surface area contributed by atoms with Crippen molar-refractivity contribution in [2.75, 3.05) is 5.32 Å². The van der Waals surface area contributed by atoms with Crippen LogP contribution in [0.15, 0.2) is 53.6 Å². The van der Waals surface area contributed by atoms with Crippen LogP contribution in [-0.4, -0.2) is 24.3 Å². The average Bonchev–Trinajstić information content (AvgIpc) is 3.41. The Morgan fingerprint density at radius 2 is 1.87 bits per heavy atom. The number of rotatable bonds is 4. The van der Waals surface area contributed by atoms with Gasteiger partial charge in [-0.2, -0.15) is 10.1 Å². The van der Waals surface area contributed by atoms with E-state index in [-0.39, 0.29) is 11.6 Å². The first-order chi connectivity index (χ1) is 14.6. The van der Waals surface area contributed by atoms with Gasteiger partial charge in [-0.05, 0) is 43.9 Å². The lowest BCUT2D eigenvalue weighted by molar-refractivity contribution is 0.515. The summed E-state index contributed by atoms with van der Waals surface area (Å²) in [5.41, 5.74) is 3.78. The molecule has 4 aromatic rings. The largest absolute Gasteiger partial charge is 0.307 e. The first kappa shape index (κ1) is 18.5. The number of fused-ring (bicyclic) bond motifs is 1. The second-order valence-corrected chi connectivity index (χ2v) is 7.96. The van der Waals surface area contributed by atoms with Crippen LogP contribution in [0.3, 0.4) is 0 Å². The predicted molar refractivity (Wildman–Crippen MR) is 118 cm³/mol. The number of benzene rings is 1. The summed E-state index contributed by atoms with van der Waals surface area (Å²) in [5.74, 6) is 1.09. The smallest absolute Gasteiger partial charge is 0.252 e. The molecule has 3 aromatic heterocycles. The van der Waals surface area contributed by atoms with Gasteiger partial charge in [0, 0.05) is 36.0 Å². The second kappa shape index (κ2) is 7.40. The molecule has 1 N–H and O–H groups in total. The van der Waals surface area contributed by atoms with E-state index in [9.17, 15) is 4.79 Å². The van der Waals surface area contributed by atoms with Crippen molar-refractivity contribution in [2.24, 2.45) is 0 Å². The molecular formula is C23H24N6O. The lowest BCUT2D eigenvalue weighted by Gasteiger charge is -2.17. The van der Waals surface area contributed by atoms with Gasteiger partial charge in [0.05, 0.1) is 5.69 Å². The zero-order chi connectivity index (χ0) is 20.7. The van der Waals surface area contributed by atoms with Crippen LogP contribution in [0.2, 0.25) is 0 Å². The van der Waals surface area contributed by atoms with E-state index in [0.717, 1.165) is 47.9 Å². The predicted octanol–water partition coefficient (Wildman–Crippen LogP) is 4.45. The molecule has 0 unspecified atom stereocenters. The summed E-state index contributed by atoms with van der Waals surface area (Å²) in [5, 5.41) is 8.72. The van der Waals surface area contributed by atoms with Gasteiger partial charge >= 0.3 is 0 Å². The van der Waals surface area contributed by atoms with Crippen molar-refractivity contribution in [2.45, 2.75) is 45.6 Å². The van der Waals surface area contributed by atoms with Gasteiger partial charge in [0.15, 0.2) is 5.82 Å². The third-order valence-corrected chi connectivity index (χ3v) is 5.88. The lowest BCUT2D eigenvalue weighted by Crippen LogP contribution is -2.24. The Hall–Kier alpha value is -3.48. The molecule has 1 aromatic carbocycles. The molecule has 0 aliphatic heterocycles. The van der Waals surface area contributed by atoms with Crippen molar-refractivity contribution in [3.05, 3.63) is 70.3 Å². The number of nitrogens with zero attached hydrogens (tertiary/aromatic N) is 5. The Balaban J connectivity index is 1.52. The molecule has 1 saturated carbocycles. The Kier molecular flexibility index (Phi) is 4.58. The summed E-state index contributed by atoms with van der Waals surface area (Å²) in [6, 6.07) is 11.9. The SMILES string of the molecule is Cc1ccccc1-n1ccc(Nc2ncc3c(C)cc(=O)n(C4CCCC4)c3n2)n1. The van der Waals surface area contributed by atoms with Crippen molar-refractivity contribution in [3.8, 4) is 5.69 Å². The number of para-hydroxylation sites is 1. The maximum absolute atomic E-state index is 12.8. The van der Waals surface area contributed by atoms with Crippen LogP contribution >= 0.6 is 0 Å².